The van der Waals surface area contributed by atoms with Crippen molar-refractivity contribution in [3.8, 4) is 0 Å². The number of nitrogens with one attached hydrogen (secondary N) is 1. The maximum atomic E-state index is 12.2. The average molecular weight is 301 g/mol. The normalized spacial score (nSPS) is 20.8. The van der Waals surface area contributed by atoms with Crippen LogP contribution in [-0.2, 0) is 4.79 Å². The quantitative estimate of drug-likeness (QED) is 0.930. The van der Waals surface area contributed by atoms with Gasteiger partial charge in [0.2, 0.25) is 5.91 Å². The van der Waals surface area contributed by atoms with Gasteiger partial charge in [-0.05, 0) is 43.7 Å². The number of rotatable bonds is 4. The van der Waals surface area contributed by atoms with Crippen molar-refractivity contribution in [3.63, 3.8) is 0 Å². The van der Waals surface area contributed by atoms with E-state index in [9.17, 15) is 4.79 Å². The molecule has 0 radical (unpaired) electrons. The van der Waals surface area contributed by atoms with Crippen LogP contribution in [0.3, 0.4) is 0 Å². The number of anilines is 1. The van der Waals surface area contributed by atoms with Gasteiger partial charge in [0.05, 0.1) is 11.9 Å². The van der Waals surface area contributed by atoms with Gasteiger partial charge in [0, 0.05) is 31.7 Å². The molecule has 2 aliphatic rings. The fraction of sp³-hybridized carbons (Fsp3) is 0.667. The lowest BCUT2D eigenvalue weighted by Gasteiger charge is -2.33. The summed E-state index contributed by atoms with van der Waals surface area (Å²) in [5.74, 6) is 1.21. The highest BCUT2D eigenvalue weighted by Gasteiger charge is 2.23. The Labute approximate surface area is 133 Å². The summed E-state index contributed by atoms with van der Waals surface area (Å²) in [6.07, 6.45) is 12.0. The molecule has 22 heavy (non-hydrogen) atoms. The first kappa shape index (κ1) is 15.3. The van der Waals surface area contributed by atoms with Crippen LogP contribution in [0.5, 0.6) is 0 Å². The van der Waals surface area contributed by atoms with Crippen LogP contribution in [0.4, 0.5) is 5.69 Å². The summed E-state index contributed by atoms with van der Waals surface area (Å²) in [7, 11) is 0. The molecule has 1 N–H and O–H groups in total. The van der Waals surface area contributed by atoms with Crippen LogP contribution in [0.2, 0.25) is 0 Å². The number of aromatic nitrogens is 1. The molecule has 1 aliphatic heterocycles. The van der Waals surface area contributed by atoms with Gasteiger partial charge in [-0.2, -0.15) is 0 Å². The second-order valence-corrected chi connectivity index (χ2v) is 6.72. The van der Waals surface area contributed by atoms with Crippen LogP contribution in [0.15, 0.2) is 24.5 Å². The Kier molecular flexibility index (Phi) is 5.30. The van der Waals surface area contributed by atoms with Gasteiger partial charge in [-0.3, -0.25) is 9.78 Å². The fourth-order valence-electron chi connectivity index (χ4n) is 3.69. The summed E-state index contributed by atoms with van der Waals surface area (Å²) in [4.78, 5) is 18.8. The van der Waals surface area contributed by atoms with Crippen molar-refractivity contribution < 1.29 is 4.79 Å². The Morgan fingerprint density at radius 1 is 1.18 bits per heavy atom. The van der Waals surface area contributed by atoms with Crippen molar-refractivity contribution >= 4 is 11.6 Å². The van der Waals surface area contributed by atoms with Gasteiger partial charge in [-0.15, -0.1) is 0 Å². The number of carbonyl (C=O) groups excluding carboxylic acids is 1. The van der Waals surface area contributed by atoms with Crippen molar-refractivity contribution in [2.24, 2.45) is 11.8 Å². The molecule has 1 aliphatic carbocycles. The minimum absolute atomic E-state index is 0.282. The van der Waals surface area contributed by atoms with Crippen LogP contribution in [0.1, 0.15) is 44.9 Å². The van der Waals surface area contributed by atoms with Gasteiger partial charge in [-0.1, -0.05) is 19.3 Å². The van der Waals surface area contributed by atoms with Crippen molar-refractivity contribution in [1.82, 2.24) is 10.3 Å². The highest BCUT2D eigenvalue weighted by Crippen LogP contribution is 2.25. The molecule has 3 rings (SSSR count). The maximum absolute atomic E-state index is 12.2. The molecule has 1 aromatic heterocycles. The second kappa shape index (κ2) is 7.61. The van der Waals surface area contributed by atoms with E-state index < -0.39 is 0 Å². The smallest absolute Gasteiger partial charge is 0.223 e. The Morgan fingerprint density at radius 3 is 2.64 bits per heavy atom. The molecule has 4 nitrogen and oxygen atoms in total. The lowest BCUT2D eigenvalue weighted by molar-refractivity contribution is -0.126. The lowest BCUT2D eigenvalue weighted by Crippen LogP contribution is -2.40. The first-order chi connectivity index (χ1) is 10.8. The van der Waals surface area contributed by atoms with Crippen molar-refractivity contribution in [3.05, 3.63) is 24.5 Å². The molecule has 2 heterocycles. The minimum atomic E-state index is 0.282. The highest BCUT2D eigenvalue weighted by atomic mass is 16.1. The molecule has 0 bridgehead atoms. The molecular formula is C18H27N3O. The van der Waals surface area contributed by atoms with Crippen molar-refractivity contribution in [2.45, 2.75) is 44.9 Å². The monoisotopic (exact) mass is 301 g/mol. The Morgan fingerprint density at radius 2 is 1.95 bits per heavy atom. The Bertz CT molecular complexity index is 462. The third-order valence-electron chi connectivity index (χ3n) is 5.17. The Hall–Kier alpha value is -1.58. The zero-order valence-electron chi connectivity index (χ0n) is 13.3. The van der Waals surface area contributed by atoms with Crippen LogP contribution < -0.4 is 10.2 Å². The molecule has 0 atom stereocenters. The van der Waals surface area contributed by atoms with Gasteiger partial charge in [0.15, 0.2) is 0 Å². The Balaban J connectivity index is 1.39. The van der Waals surface area contributed by atoms with Crippen LogP contribution in [0, 0.1) is 11.8 Å². The van der Waals surface area contributed by atoms with Gasteiger partial charge in [0.25, 0.3) is 0 Å². The molecule has 0 unspecified atom stereocenters. The van der Waals surface area contributed by atoms with E-state index in [-0.39, 0.29) is 5.92 Å². The van der Waals surface area contributed by atoms with Gasteiger partial charge >= 0.3 is 0 Å². The van der Waals surface area contributed by atoms with E-state index in [4.69, 9.17) is 0 Å². The van der Waals surface area contributed by atoms with E-state index >= 15 is 0 Å². The van der Waals surface area contributed by atoms with Crippen LogP contribution >= 0.6 is 0 Å². The first-order valence-corrected chi connectivity index (χ1v) is 8.75. The zero-order chi connectivity index (χ0) is 15.2. The molecule has 0 aromatic carbocycles. The van der Waals surface area contributed by atoms with E-state index in [0.29, 0.717) is 11.8 Å². The molecule has 1 aromatic rings. The number of piperidine rings is 1. The van der Waals surface area contributed by atoms with E-state index in [2.05, 4.69) is 21.3 Å². The molecule has 1 amide bonds. The summed E-state index contributed by atoms with van der Waals surface area (Å²) in [5, 5.41) is 3.21. The molecular weight excluding hydrogens is 274 g/mol. The predicted molar refractivity (Wildman–Crippen MR) is 88.8 cm³/mol. The summed E-state index contributed by atoms with van der Waals surface area (Å²) >= 11 is 0. The SMILES string of the molecule is O=C(NCC1CCN(c2cccnc2)CC1)C1CCCCC1. The zero-order valence-corrected chi connectivity index (χ0v) is 13.3. The summed E-state index contributed by atoms with van der Waals surface area (Å²) in [6, 6.07) is 4.12. The van der Waals surface area contributed by atoms with Crippen molar-refractivity contribution in [2.75, 3.05) is 24.5 Å². The highest BCUT2D eigenvalue weighted by molar-refractivity contribution is 5.78. The number of nitrogens with zero attached hydrogens (tertiary/aromatic N) is 2. The maximum Gasteiger partial charge on any atom is 0.223 e. The molecule has 1 saturated carbocycles. The molecule has 2 fully saturated rings. The second-order valence-electron chi connectivity index (χ2n) is 6.72. The minimum Gasteiger partial charge on any atom is -0.370 e. The van der Waals surface area contributed by atoms with Gasteiger partial charge in [-0.25, -0.2) is 0 Å². The third kappa shape index (κ3) is 3.99. The van der Waals surface area contributed by atoms with Crippen LogP contribution in [-0.4, -0.2) is 30.5 Å². The van der Waals surface area contributed by atoms with E-state index in [0.717, 1.165) is 45.3 Å². The van der Waals surface area contributed by atoms with Crippen LogP contribution in [0.25, 0.3) is 0 Å². The number of hydrogen-bond acceptors (Lipinski definition) is 3. The first-order valence-electron chi connectivity index (χ1n) is 8.75. The largest absolute Gasteiger partial charge is 0.370 e. The van der Waals surface area contributed by atoms with Gasteiger partial charge in [0.1, 0.15) is 0 Å². The standard InChI is InChI=1S/C18H27N3O/c22-18(16-5-2-1-3-6-16)20-13-15-8-11-21(12-9-15)17-7-4-10-19-14-17/h4,7,10,14-16H,1-3,5-6,8-9,11-13H2,(H,20,22). The van der Waals surface area contributed by atoms with Gasteiger partial charge < -0.3 is 10.2 Å². The summed E-state index contributed by atoms with van der Waals surface area (Å²) in [5.41, 5.74) is 1.21. The molecule has 4 heteroatoms. The van der Waals surface area contributed by atoms with Crippen molar-refractivity contribution in [1.29, 1.82) is 0 Å². The van der Waals surface area contributed by atoms with E-state index in [1.54, 1.807) is 0 Å². The molecule has 120 valence electrons. The average Bonchev–Trinajstić information content (AvgIpc) is 2.61. The number of carbonyl (C=O) groups is 1. The predicted octanol–water partition coefficient (Wildman–Crippen LogP) is 2.99. The summed E-state index contributed by atoms with van der Waals surface area (Å²) in [6.45, 7) is 2.99. The van der Waals surface area contributed by atoms with E-state index in [1.807, 2.05) is 18.5 Å². The molecule has 1 saturated heterocycles. The number of hydrogen-bond donors (Lipinski definition) is 1. The number of amides is 1. The topological polar surface area (TPSA) is 45.2 Å². The summed E-state index contributed by atoms with van der Waals surface area (Å²) < 4.78 is 0. The number of pyridine rings is 1. The third-order valence-corrected chi connectivity index (χ3v) is 5.17. The van der Waals surface area contributed by atoms with E-state index in [1.165, 1.54) is 24.9 Å². The fourth-order valence-corrected chi connectivity index (χ4v) is 3.69. The lowest BCUT2D eigenvalue weighted by atomic mass is 9.88. The molecule has 0 spiro atoms.